The van der Waals surface area contributed by atoms with Crippen LogP contribution in [0.25, 0.3) is 0 Å². The molecule has 0 aliphatic heterocycles. The van der Waals surface area contributed by atoms with Crippen LogP contribution in [0.1, 0.15) is 19.4 Å². The molecular formula is C13H15ClF3NO2. The number of benzene rings is 1. The Morgan fingerprint density at radius 3 is 2.45 bits per heavy atom. The molecule has 1 rings (SSSR count). The van der Waals surface area contributed by atoms with E-state index in [4.69, 9.17) is 11.6 Å². The number of hydrogen-bond donors (Lipinski definition) is 1. The average molecular weight is 310 g/mol. The summed E-state index contributed by atoms with van der Waals surface area (Å²) in [5.41, 5.74) is -0.674. The molecule has 0 saturated carbocycles. The first-order chi connectivity index (χ1) is 9.16. The van der Waals surface area contributed by atoms with Crippen molar-refractivity contribution in [3.8, 4) is 0 Å². The summed E-state index contributed by atoms with van der Waals surface area (Å²) < 4.78 is 42.5. The first kappa shape index (κ1) is 16.6. The minimum absolute atomic E-state index is 0.129. The van der Waals surface area contributed by atoms with E-state index >= 15 is 0 Å². The highest BCUT2D eigenvalue weighted by molar-refractivity contribution is 6.33. The molecule has 0 amide bonds. The van der Waals surface area contributed by atoms with Crippen molar-refractivity contribution >= 4 is 23.3 Å². The van der Waals surface area contributed by atoms with Gasteiger partial charge >= 0.3 is 12.1 Å². The van der Waals surface area contributed by atoms with Crippen molar-refractivity contribution in [1.82, 2.24) is 0 Å². The molecule has 0 heterocycles. The van der Waals surface area contributed by atoms with Crippen molar-refractivity contribution in [2.75, 3.05) is 12.4 Å². The Kier molecular flexibility index (Phi) is 5.28. The number of anilines is 1. The highest BCUT2D eigenvalue weighted by Gasteiger charge is 2.31. The lowest BCUT2D eigenvalue weighted by Gasteiger charge is -2.21. The summed E-state index contributed by atoms with van der Waals surface area (Å²) in [7, 11) is 1.25. The molecule has 0 fully saturated rings. The number of esters is 1. The summed E-state index contributed by atoms with van der Waals surface area (Å²) in [6.07, 6.45) is -4.45. The van der Waals surface area contributed by atoms with E-state index in [0.29, 0.717) is 0 Å². The largest absolute Gasteiger partial charge is 0.469 e. The van der Waals surface area contributed by atoms with E-state index < -0.39 is 29.7 Å². The highest BCUT2D eigenvalue weighted by Crippen LogP contribution is 2.34. The van der Waals surface area contributed by atoms with Crippen LogP contribution in [-0.2, 0) is 15.7 Å². The average Bonchev–Trinajstić information content (AvgIpc) is 2.38. The topological polar surface area (TPSA) is 38.3 Å². The number of methoxy groups -OCH3 is 1. The molecule has 1 aromatic rings. The molecule has 2 atom stereocenters. The molecule has 0 aliphatic rings. The second-order valence-electron chi connectivity index (χ2n) is 4.44. The van der Waals surface area contributed by atoms with Crippen LogP contribution in [0.4, 0.5) is 18.9 Å². The second-order valence-corrected chi connectivity index (χ2v) is 4.84. The number of carbonyl (C=O) groups is 1. The highest BCUT2D eigenvalue weighted by atomic mass is 35.5. The number of nitrogens with one attached hydrogen (secondary N) is 1. The first-order valence-electron chi connectivity index (χ1n) is 5.88. The number of alkyl halides is 3. The molecule has 1 aromatic carbocycles. The maximum absolute atomic E-state index is 12.6. The van der Waals surface area contributed by atoms with Crippen molar-refractivity contribution in [1.29, 1.82) is 0 Å². The zero-order chi connectivity index (χ0) is 15.5. The Labute approximate surface area is 120 Å². The molecule has 0 radical (unpaired) electrons. The molecular weight excluding hydrogens is 295 g/mol. The zero-order valence-corrected chi connectivity index (χ0v) is 12.0. The normalized spacial score (nSPS) is 14.6. The summed E-state index contributed by atoms with van der Waals surface area (Å²) in [4.78, 5) is 11.4. The van der Waals surface area contributed by atoms with E-state index in [0.717, 1.165) is 12.1 Å². The van der Waals surface area contributed by atoms with E-state index in [9.17, 15) is 18.0 Å². The fourth-order valence-electron chi connectivity index (χ4n) is 1.57. The molecule has 0 aromatic heterocycles. The molecule has 112 valence electrons. The monoisotopic (exact) mass is 309 g/mol. The minimum Gasteiger partial charge on any atom is -0.469 e. The Morgan fingerprint density at radius 1 is 1.35 bits per heavy atom. The van der Waals surface area contributed by atoms with Crippen LogP contribution in [0, 0.1) is 5.92 Å². The Hall–Kier alpha value is -1.43. The number of ether oxygens (including phenoxy) is 1. The number of rotatable bonds is 4. The predicted octanol–water partition coefficient (Wildman–Crippen LogP) is 3.97. The van der Waals surface area contributed by atoms with Crippen molar-refractivity contribution < 1.29 is 22.7 Å². The lowest BCUT2D eigenvalue weighted by molar-refractivity contribution is -0.145. The zero-order valence-electron chi connectivity index (χ0n) is 11.2. The SMILES string of the molecule is COC(=O)C(C)C(C)Nc1cc(C(F)(F)F)ccc1Cl. The Morgan fingerprint density at radius 2 is 1.95 bits per heavy atom. The van der Waals surface area contributed by atoms with Crippen LogP contribution in [0.2, 0.25) is 5.02 Å². The summed E-state index contributed by atoms with van der Waals surface area (Å²) >= 11 is 5.86. The summed E-state index contributed by atoms with van der Waals surface area (Å²) in [5.74, 6) is -0.973. The third kappa shape index (κ3) is 4.03. The van der Waals surface area contributed by atoms with E-state index in [2.05, 4.69) is 10.1 Å². The van der Waals surface area contributed by atoms with Crippen molar-refractivity contribution in [2.24, 2.45) is 5.92 Å². The van der Waals surface area contributed by atoms with Crippen molar-refractivity contribution in [2.45, 2.75) is 26.1 Å². The lowest BCUT2D eigenvalue weighted by atomic mass is 10.0. The molecule has 3 nitrogen and oxygen atoms in total. The van der Waals surface area contributed by atoms with Gasteiger partial charge in [0, 0.05) is 6.04 Å². The minimum atomic E-state index is -4.45. The predicted molar refractivity (Wildman–Crippen MR) is 70.7 cm³/mol. The van der Waals surface area contributed by atoms with Gasteiger partial charge in [0.2, 0.25) is 0 Å². The van der Waals surface area contributed by atoms with Crippen molar-refractivity contribution in [3.05, 3.63) is 28.8 Å². The van der Waals surface area contributed by atoms with Gasteiger partial charge in [-0.15, -0.1) is 0 Å². The van der Waals surface area contributed by atoms with Gasteiger partial charge in [-0.05, 0) is 32.0 Å². The molecule has 7 heteroatoms. The van der Waals surface area contributed by atoms with Crippen LogP contribution < -0.4 is 5.32 Å². The fraction of sp³-hybridized carbons (Fsp3) is 0.462. The van der Waals surface area contributed by atoms with E-state index in [1.165, 1.54) is 13.2 Å². The number of hydrogen-bond acceptors (Lipinski definition) is 3. The molecule has 0 bridgehead atoms. The number of carbonyl (C=O) groups excluding carboxylic acids is 1. The smallest absolute Gasteiger partial charge is 0.416 e. The Balaban J connectivity index is 2.94. The van der Waals surface area contributed by atoms with Gasteiger partial charge in [-0.3, -0.25) is 4.79 Å². The first-order valence-corrected chi connectivity index (χ1v) is 6.25. The molecule has 1 N–H and O–H groups in total. The van der Waals surface area contributed by atoms with E-state index in [1.54, 1.807) is 13.8 Å². The molecule has 0 spiro atoms. The van der Waals surface area contributed by atoms with Crippen LogP contribution in [0.3, 0.4) is 0 Å². The van der Waals surface area contributed by atoms with Gasteiger partial charge in [-0.25, -0.2) is 0 Å². The van der Waals surface area contributed by atoms with Crippen LogP contribution >= 0.6 is 11.6 Å². The maximum atomic E-state index is 12.6. The number of halogens is 4. The van der Waals surface area contributed by atoms with Gasteiger partial charge in [0.1, 0.15) is 0 Å². The quantitative estimate of drug-likeness (QED) is 0.855. The van der Waals surface area contributed by atoms with Crippen LogP contribution in [0.5, 0.6) is 0 Å². The fourth-order valence-corrected chi connectivity index (χ4v) is 1.74. The third-order valence-electron chi connectivity index (χ3n) is 3.00. The third-order valence-corrected chi connectivity index (χ3v) is 3.33. The van der Waals surface area contributed by atoms with Gasteiger partial charge in [0.25, 0.3) is 0 Å². The van der Waals surface area contributed by atoms with Gasteiger partial charge in [0.15, 0.2) is 0 Å². The molecule has 20 heavy (non-hydrogen) atoms. The second kappa shape index (κ2) is 6.35. The lowest BCUT2D eigenvalue weighted by Crippen LogP contribution is -2.30. The Bertz CT molecular complexity index is 491. The van der Waals surface area contributed by atoms with Gasteiger partial charge in [-0.2, -0.15) is 13.2 Å². The van der Waals surface area contributed by atoms with Crippen LogP contribution in [-0.4, -0.2) is 19.1 Å². The van der Waals surface area contributed by atoms with Crippen molar-refractivity contribution in [3.63, 3.8) is 0 Å². The standard InChI is InChI=1S/C13H15ClF3NO2/c1-7(12(19)20-3)8(2)18-11-6-9(13(15,16)17)4-5-10(11)14/h4-8,18H,1-3H3. The van der Waals surface area contributed by atoms with Gasteiger partial charge in [0.05, 0.1) is 29.3 Å². The molecule has 0 aliphatic carbocycles. The van der Waals surface area contributed by atoms with Gasteiger partial charge < -0.3 is 10.1 Å². The van der Waals surface area contributed by atoms with E-state index in [1.807, 2.05) is 0 Å². The van der Waals surface area contributed by atoms with Gasteiger partial charge in [-0.1, -0.05) is 11.6 Å². The van der Waals surface area contributed by atoms with E-state index in [-0.39, 0.29) is 10.7 Å². The summed E-state index contributed by atoms with van der Waals surface area (Å²) in [5, 5.41) is 2.96. The maximum Gasteiger partial charge on any atom is 0.416 e. The van der Waals surface area contributed by atoms with Crippen LogP contribution in [0.15, 0.2) is 18.2 Å². The summed E-state index contributed by atoms with van der Waals surface area (Å²) in [6.45, 7) is 3.28. The summed E-state index contributed by atoms with van der Waals surface area (Å²) in [6, 6.07) is 2.57. The molecule has 2 unspecified atom stereocenters. The molecule has 0 saturated heterocycles.